The smallest absolute Gasteiger partial charge is 0.251 e. The van der Waals surface area contributed by atoms with Gasteiger partial charge in [0, 0.05) is 12.1 Å². The SMILES string of the molecule is Cc1cc(C)cc(C(=O)NCC(=O)N2CCCC[C@@H]2c2ncn[nH]2)c1. The van der Waals surface area contributed by atoms with Gasteiger partial charge in [-0.1, -0.05) is 17.2 Å². The van der Waals surface area contributed by atoms with Crippen LogP contribution in [-0.2, 0) is 4.79 Å². The molecule has 25 heavy (non-hydrogen) atoms. The van der Waals surface area contributed by atoms with Crippen molar-refractivity contribution in [3.63, 3.8) is 0 Å². The van der Waals surface area contributed by atoms with E-state index in [-0.39, 0.29) is 24.4 Å². The summed E-state index contributed by atoms with van der Waals surface area (Å²) in [4.78, 5) is 30.9. The van der Waals surface area contributed by atoms with Crippen LogP contribution in [0.15, 0.2) is 24.5 Å². The van der Waals surface area contributed by atoms with Crippen LogP contribution < -0.4 is 5.32 Å². The standard InChI is InChI=1S/C18H23N5O2/c1-12-7-13(2)9-14(8-12)18(25)19-10-16(24)23-6-4-3-5-15(23)17-20-11-21-22-17/h7-9,11,15H,3-6,10H2,1-2H3,(H,19,25)(H,20,21,22)/t15-/m1/s1. The highest BCUT2D eigenvalue weighted by atomic mass is 16.2. The van der Waals surface area contributed by atoms with E-state index in [9.17, 15) is 9.59 Å². The van der Waals surface area contributed by atoms with Crippen molar-refractivity contribution >= 4 is 11.8 Å². The fraction of sp³-hybridized carbons (Fsp3) is 0.444. The number of hydrogen-bond donors (Lipinski definition) is 2. The Balaban J connectivity index is 1.63. The lowest BCUT2D eigenvalue weighted by atomic mass is 10.0. The molecule has 1 fully saturated rings. The van der Waals surface area contributed by atoms with Crippen molar-refractivity contribution in [2.75, 3.05) is 13.1 Å². The number of piperidine rings is 1. The zero-order chi connectivity index (χ0) is 17.8. The Hall–Kier alpha value is -2.70. The normalized spacial score (nSPS) is 17.4. The number of carbonyl (C=O) groups excluding carboxylic acids is 2. The molecule has 1 saturated heterocycles. The van der Waals surface area contributed by atoms with Crippen molar-refractivity contribution in [1.29, 1.82) is 0 Å². The molecule has 0 aliphatic carbocycles. The summed E-state index contributed by atoms with van der Waals surface area (Å²) in [6, 6.07) is 5.56. The Labute approximate surface area is 146 Å². The molecule has 2 heterocycles. The highest BCUT2D eigenvalue weighted by molar-refractivity contribution is 5.96. The molecule has 2 aromatic rings. The second kappa shape index (κ2) is 7.46. The predicted octanol–water partition coefficient (Wildman–Crippen LogP) is 1.91. The van der Waals surface area contributed by atoms with Crippen molar-refractivity contribution in [3.8, 4) is 0 Å². The van der Waals surface area contributed by atoms with Crippen LogP contribution in [0.1, 0.15) is 52.6 Å². The molecule has 0 spiro atoms. The first-order valence-corrected chi connectivity index (χ1v) is 8.56. The van der Waals surface area contributed by atoms with Crippen LogP contribution in [0.5, 0.6) is 0 Å². The van der Waals surface area contributed by atoms with E-state index in [1.807, 2.05) is 32.0 Å². The number of rotatable bonds is 4. The summed E-state index contributed by atoms with van der Waals surface area (Å²) in [7, 11) is 0. The van der Waals surface area contributed by atoms with Gasteiger partial charge in [-0.15, -0.1) is 0 Å². The first-order valence-electron chi connectivity index (χ1n) is 8.56. The van der Waals surface area contributed by atoms with E-state index in [0.717, 1.165) is 30.4 Å². The maximum Gasteiger partial charge on any atom is 0.251 e. The van der Waals surface area contributed by atoms with E-state index in [1.54, 1.807) is 4.90 Å². The second-order valence-corrected chi connectivity index (χ2v) is 6.53. The summed E-state index contributed by atoms with van der Waals surface area (Å²) >= 11 is 0. The highest BCUT2D eigenvalue weighted by Gasteiger charge is 2.29. The van der Waals surface area contributed by atoms with Gasteiger partial charge in [-0.3, -0.25) is 14.7 Å². The lowest BCUT2D eigenvalue weighted by molar-refractivity contribution is -0.134. The number of carbonyl (C=O) groups is 2. The molecule has 132 valence electrons. The average Bonchev–Trinajstić information content (AvgIpc) is 3.13. The Kier molecular flexibility index (Phi) is 5.11. The number of amides is 2. The van der Waals surface area contributed by atoms with Crippen LogP contribution in [0.3, 0.4) is 0 Å². The zero-order valence-electron chi connectivity index (χ0n) is 14.6. The molecule has 1 aliphatic heterocycles. The third-order valence-corrected chi connectivity index (χ3v) is 4.46. The largest absolute Gasteiger partial charge is 0.343 e. The Morgan fingerprint density at radius 3 is 2.68 bits per heavy atom. The number of nitrogens with zero attached hydrogens (tertiary/aromatic N) is 3. The molecule has 2 amide bonds. The summed E-state index contributed by atoms with van der Waals surface area (Å²) in [5, 5.41) is 9.47. The summed E-state index contributed by atoms with van der Waals surface area (Å²) < 4.78 is 0. The summed E-state index contributed by atoms with van der Waals surface area (Å²) in [5.74, 6) is 0.376. The van der Waals surface area contributed by atoms with Gasteiger partial charge in [-0.2, -0.15) is 5.10 Å². The van der Waals surface area contributed by atoms with Gasteiger partial charge in [-0.05, 0) is 45.2 Å². The van der Waals surface area contributed by atoms with Gasteiger partial charge in [0.2, 0.25) is 5.91 Å². The Bertz CT molecular complexity index is 737. The highest BCUT2D eigenvalue weighted by Crippen LogP contribution is 2.28. The zero-order valence-corrected chi connectivity index (χ0v) is 14.6. The third-order valence-electron chi connectivity index (χ3n) is 4.46. The van der Waals surface area contributed by atoms with Gasteiger partial charge in [0.25, 0.3) is 5.91 Å². The van der Waals surface area contributed by atoms with Crippen LogP contribution >= 0.6 is 0 Å². The van der Waals surface area contributed by atoms with E-state index in [4.69, 9.17) is 0 Å². The van der Waals surface area contributed by atoms with Gasteiger partial charge < -0.3 is 10.2 Å². The molecule has 0 saturated carbocycles. The number of aryl methyl sites for hydroxylation is 2. The summed E-state index contributed by atoms with van der Waals surface area (Å²) in [5.41, 5.74) is 2.63. The van der Waals surface area contributed by atoms with Gasteiger partial charge in [0.15, 0.2) is 0 Å². The summed E-state index contributed by atoms with van der Waals surface area (Å²) in [6.45, 7) is 4.55. The molecule has 1 aromatic carbocycles. The average molecular weight is 341 g/mol. The van der Waals surface area contributed by atoms with Crippen LogP contribution in [0.25, 0.3) is 0 Å². The number of likely N-dealkylation sites (tertiary alicyclic amines) is 1. The fourth-order valence-electron chi connectivity index (χ4n) is 3.36. The number of aromatic nitrogens is 3. The van der Waals surface area contributed by atoms with E-state index in [2.05, 4.69) is 20.5 Å². The van der Waals surface area contributed by atoms with Crippen molar-refractivity contribution in [2.45, 2.75) is 39.2 Å². The third kappa shape index (κ3) is 4.04. The minimum absolute atomic E-state index is 0.0174. The molecule has 0 unspecified atom stereocenters. The molecule has 7 heteroatoms. The van der Waals surface area contributed by atoms with Crippen molar-refractivity contribution in [2.24, 2.45) is 0 Å². The molecule has 7 nitrogen and oxygen atoms in total. The first kappa shape index (κ1) is 17.1. The first-order chi connectivity index (χ1) is 12.0. The Morgan fingerprint density at radius 2 is 2.00 bits per heavy atom. The number of nitrogens with one attached hydrogen (secondary N) is 2. The maximum atomic E-state index is 12.6. The second-order valence-electron chi connectivity index (χ2n) is 6.53. The van der Waals surface area contributed by atoms with Crippen molar-refractivity contribution in [1.82, 2.24) is 25.4 Å². The number of benzene rings is 1. The topological polar surface area (TPSA) is 91.0 Å². The Morgan fingerprint density at radius 1 is 1.24 bits per heavy atom. The van der Waals surface area contributed by atoms with Crippen LogP contribution in [0, 0.1) is 13.8 Å². The lowest BCUT2D eigenvalue weighted by Gasteiger charge is -2.34. The minimum Gasteiger partial charge on any atom is -0.343 e. The molecular formula is C18H23N5O2. The molecular weight excluding hydrogens is 318 g/mol. The van der Waals surface area contributed by atoms with Crippen LogP contribution in [0.4, 0.5) is 0 Å². The molecule has 0 bridgehead atoms. The number of aromatic amines is 1. The quantitative estimate of drug-likeness (QED) is 0.889. The fourth-order valence-corrected chi connectivity index (χ4v) is 3.36. The molecule has 1 aromatic heterocycles. The van der Waals surface area contributed by atoms with Crippen molar-refractivity contribution in [3.05, 3.63) is 47.0 Å². The van der Waals surface area contributed by atoms with Gasteiger partial charge in [0.1, 0.15) is 12.2 Å². The maximum absolute atomic E-state index is 12.6. The number of hydrogen-bond acceptors (Lipinski definition) is 4. The van der Waals surface area contributed by atoms with Crippen LogP contribution in [-0.4, -0.2) is 45.0 Å². The minimum atomic E-state index is -0.228. The van der Waals surface area contributed by atoms with E-state index >= 15 is 0 Å². The summed E-state index contributed by atoms with van der Waals surface area (Å²) in [6.07, 6.45) is 4.31. The van der Waals surface area contributed by atoms with Gasteiger partial charge in [0.05, 0.1) is 12.6 Å². The van der Waals surface area contributed by atoms with E-state index < -0.39 is 0 Å². The monoisotopic (exact) mass is 341 g/mol. The van der Waals surface area contributed by atoms with Gasteiger partial charge in [-0.25, -0.2) is 4.98 Å². The molecule has 2 N–H and O–H groups in total. The predicted molar refractivity (Wildman–Crippen MR) is 92.9 cm³/mol. The lowest BCUT2D eigenvalue weighted by Crippen LogP contribution is -2.44. The van der Waals surface area contributed by atoms with E-state index in [0.29, 0.717) is 17.9 Å². The molecule has 1 atom stereocenters. The van der Waals surface area contributed by atoms with Gasteiger partial charge >= 0.3 is 0 Å². The molecule has 1 aliphatic rings. The van der Waals surface area contributed by atoms with E-state index in [1.165, 1.54) is 6.33 Å². The van der Waals surface area contributed by atoms with Crippen molar-refractivity contribution < 1.29 is 9.59 Å². The molecule has 0 radical (unpaired) electrons. The molecule has 3 rings (SSSR count). The van der Waals surface area contributed by atoms with Crippen LogP contribution in [0.2, 0.25) is 0 Å². The number of H-pyrrole nitrogens is 1.